The molecule has 38 heavy (non-hydrogen) atoms. The van der Waals surface area contributed by atoms with Crippen LogP contribution < -0.4 is 18.6 Å². The zero-order valence-corrected chi connectivity index (χ0v) is 22.6. The summed E-state index contributed by atoms with van der Waals surface area (Å²) in [6, 6.07) is 15.1. The number of unbranched alkanes of at least 4 members (excludes halogenated alkanes) is 3. The topological polar surface area (TPSA) is 85.5 Å². The van der Waals surface area contributed by atoms with E-state index in [1.807, 2.05) is 84.2 Å². The van der Waals surface area contributed by atoms with Crippen molar-refractivity contribution < 1.29 is 18.6 Å². The third-order valence-electron chi connectivity index (χ3n) is 6.29. The molecule has 4 rings (SSSR count). The number of methoxy groups -OCH3 is 2. The number of hydrogen-bond acceptors (Lipinski definition) is 6. The average Bonchev–Trinajstić information content (AvgIpc) is 3.49. The van der Waals surface area contributed by atoms with E-state index in [0.717, 1.165) is 73.5 Å². The fourth-order valence-corrected chi connectivity index (χ4v) is 4.06. The lowest BCUT2D eigenvalue weighted by Gasteiger charge is -2.02. The van der Waals surface area contributed by atoms with Crippen LogP contribution in [0.3, 0.4) is 0 Å². The Labute approximate surface area is 223 Å². The minimum atomic E-state index is 0.792. The third kappa shape index (κ3) is 7.12. The van der Waals surface area contributed by atoms with Gasteiger partial charge in [0.1, 0.15) is 22.9 Å². The van der Waals surface area contributed by atoms with Gasteiger partial charge in [-0.2, -0.15) is 0 Å². The fraction of sp³-hybridized carbons (Fsp3) is 0.357. The maximum absolute atomic E-state index is 5.20. The number of imidazole rings is 2. The highest BCUT2D eigenvalue weighted by Crippen LogP contribution is 2.21. The van der Waals surface area contributed by atoms with Crippen LogP contribution in [0, 0.1) is 0 Å². The summed E-state index contributed by atoms with van der Waals surface area (Å²) in [5.41, 5.74) is 1.58. The molecule has 198 valence electrons. The average molecular weight is 517 g/mol. The molecule has 4 aromatic rings. The number of azo groups is 2. The molecule has 2 aromatic heterocycles. The molecule has 0 N–H and O–H groups in total. The number of nitrogens with zero attached hydrogens (tertiary/aromatic N) is 8. The number of ether oxygens (including phenoxy) is 2. The van der Waals surface area contributed by atoms with Gasteiger partial charge in [0, 0.05) is 10.2 Å². The first-order valence-electron chi connectivity index (χ1n) is 12.8. The van der Waals surface area contributed by atoms with Crippen molar-refractivity contribution in [1.29, 1.82) is 0 Å². The van der Waals surface area contributed by atoms with Gasteiger partial charge in [0.05, 0.1) is 66.2 Å². The van der Waals surface area contributed by atoms with E-state index in [9.17, 15) is 0 Å². The maximum Gasteiger partial charge on any atom is 0.421 e. The summed E-state index contributed by atoms with van der Waals surface area (Å²) in [5.74, 6) is 3.26. The molecule has 10 heteroatoms. The molecular weight excluding hydrogens is 480 g/mol. The van der Waals surface area contributed by atoms with Crippen LogP contribution in [0.5, 0.6) is 11.5 Å². The summed E-state index contributed by atoms with van der Waals surface area (Å²) in [6.45, 7) is 1.80. The van der Waals surface area contributed by atoms with E-state index in [4.69, 9.17) is 9.47 Å². The standard InChI is InChI=1S/C28H36N8O2/c1-33-19-21-35(27(33)31-29-23-9-13-25(37-3)14-10-23)17-7-5-6-8-18-36-22-20-34(2)28(36)32-30-24-11-15-26(38-4)16-12-24/h9-16,19-22H,5-8,17-18H2,1-4H3/q+2. The molecule has 0 saturated carbocycles. The number of aryl methyl sites for hydroxylation is 4. The lowest BCUT2D eigenvalue weighted by Crippen LogP contribution is -2.31. The first kappa shape index (κ1) is 26.7. The van der Waals surface area contributed by atoms with E-state index in [1.165, 1.54) is 0 Å². The Morgan fingerprint density at radius 2 is 1.26 bits per heavy atom. The molecule has 0 atom stereocenters. The summed E-state index contributed by atoms with van der Waals surface area (Å²) >= 11 is 0. The summed E-state index contributed by atoms with van der Waals surface area (Å²) < 4.78 is 18.7. The minimum Gasteiger partial charge on any atom is -0.497 e. The van der Waals surface area contributed by atoms with Gasteiger partial charge in [0.25, 0.3) is 0 Å². The van der Waals surface area contributed by atoms with Gasteiger partial charge in [-0.25, -0.2) is 18.3 Å². The van der Waals surface area contributed by atoms with Crippen LogP contribution >= 0.6 is 0 Å². The van der Waals surface area contributed by atoms with Crippen molar-refractivity contribution in [3.63, 3.8) is 0 Å². The van der Waals surface area contributed by atoms with Crippen LogP contribution in [0.4, 0.5) is 23.3 Å². The Morgan fingerprint density at radius 3 is 1.87 bits per heavy atom. The maximum atomic E-state index is 5.20. The van der Waals surface area contributed by atoms with E-state index in [-0.39, 0.29) is 0 Å². The van der Waals surface area contributed by atoms with Gasteiger partial charge in [-0.3, -0.25) is 0 Å². The predicted molar refractivity (Wildman–Crippen MR) is 144 cm³/mol. The van der Waals surface area contributed by atoms with Crippen LogP contribution in [0.25, 0.3) is 0 Å². The van der Waals surface area contributed by atoms with Crippen molar-refractivity contribution in [2.24, 2.45) is 34.6 Å². The van der Waals surface area contributed by atoms with Crippen LogP contribution in [-0.2, 0) is 27.2 Å². The van der Waals surface area contributed by atoms with Gasteiger partial charge in [0.15, 0.2) is 0 Å². The summed E-state index contributed by atoms with van der Waals surface area (Å²) in [5, 5.41) is 17.8. The fourth-order valence-electron chi connectivity index (χ4n) is 4.06. The second kappa shape index (κ2) is 13.3. The van der Waals surface area contributed by atoms with Crippen molar-refractivity contribution in [3.8, 4) is 11.5 Å². The Hall–Kier alpha value is -4.34. The number of rotatable bonds is 13. The SMILES string of the molecule is COc1ccc(/N=N/c2n(CCCCCC[n+]3ccn(C)c3/N=N/c3ccc(OC)cc3)cc[n+]2C)cc1. The molecule has 0 aliphatic rings. The van der Waals surface area contributed by atoms with Crippen molar-refractivity contribution >= 4 is 23.3 Å². The van der Waals surface area contributed by atoms with Crippen LogP contribution in [-0.4, -0.2) is 23.4 Å². The zero-order chi connectivity index (χ0) is 26.7. The van der Waals surface area contributed by atoms with Crippen molar-refractivity contribution in [2.75, 3.05) is 14.2 Å². The Balaban J connectivity index is 1.24. The minimum absolute atomic E-state index is 0.792. The molecule has 0 radical (unpaired) electrons. The van der Waals surface area contributed by atoms with Crippen molar-refractivity contribution in [1.82, 2.24) is 9.13 Å². The van der Waals surface area contributed by atoms with E-state index in [2.05, 4.69) is 42.0 Å². The molecule has 2 aromatic carbocycles. The summed E-state index contributed by atoms with van der Waals surface area (Å²) in [7, 11) is 7.27. The Kier molecular flexibility index (Phi) is 9.33. The summed E-state index contributed by atoms with van der Waals surface area (Å²) in [4.78, 5) is 0. The number of hydrogen-bond donors (Lipinski definition) is 0. The zero-order valence-electron chi connectivity index (χ0n) is 22.6. The molecular formula is C28H36N8O2+2. The Bertz CT molecular complexity index is 1250. The van der Waals surface area contributed by atoms with Gasteiger partial charge < -0.3 is 9.47 Å². The molecule has 0 bridgehead atoms. The van der Waals surface area contributed by atoms with Crippen molar-refractivity contribution in [3.05, 3.63) is 73.3 Å². The van der Waals surface area contributed by atoms with Crippen LogP contribution in [0.15, 0.2) is 93.8 Å². The third-order valence-corrected chi connectivity index (χ3v) is 6.29. The quantitative estimate of drug-likeness (QED) is 0.123. The second-order valence-electron chi connectivity index (χ2n) is 9.02. The van der Waals surface area contributed by atoms with E-state index in [0.29, 0.717) is 0 Å². The molecule has 10 nitrogen and oxygen atoms in total. The largest absolute Gasteiger partial charge is 0.497 e. The van der Waals surface area contributed by atoms with E-state index >= 15 is 0 Å². The van der Waals surface area contributed by atoms with Gasteiger partial charge in [0.2, 0.25) is 0 Å². The van der Waals surface area contributed by atoms with Crippen LogP contribution in [0.1, 0.15) is 25.7 Å². The lowest BCUT2D eigenvalue weighted by atomic mass is 10.2. The first-order valence-corrected chi connectivity index (χ1v) is 12.8. The molecule has 0 saturated heterocycles. The molecule has 0 unspecified atom stereocenters. The van der Waals surface area contributed by atoms with Gasteiger partial charge in [-0.05, 0) is 61.4 Å². The van der Waals surface area contributed by atoms with Gasteiger partial charge in [-0.15, -0.1) is 0 Å². The number of aromatic nitrogens is 4. The predicted octanol–water partition coefficient (Wildman–Crippen LogP) is 6.05. The molecule has 2 heterocycles. The van der Waals surface area contributed by atoms with Crippen molar-refractivity contribution in [2.45, 2.75) is 38.8 Å². The summed E-state index contributed by atoms with van der Waals surface area (Å²) in [6.07, 6.45) is 12.5. The van der Waals surface area contributed by atoms with E-state index in [1.54, 1.807) is 14.2 Å². The normalized spacial score (nSPS) is 11.6. The molecule has 0 aliphatic carbocycles. The molecule has 0 amide bonds. The highest BCUT2D eigenvalue weighted by atomic mass is 16.5. The lowest BCUT2D eigenvalue weighted by molar-refractivity contribution is -0.684. The molecule has 0 fully saturated rings. The monoisotopic (exact) mass is 516 g/mol. The first-order chi connectivity index (χ1) is 18.6. The molecule has 0 spiro atoms. The van der Waals surface area contributed by atoms with E-state index < -0.39 is 0 Å². The highest BCUT2D eigenvalue weighted by Gasteiger charge is 2.15. The van der Waals surface area contributed by atoms with Crippen LogP contribution in [0.2, 0.25) is 0 Å². The van der Waals surface area contributed by atoms with Gasteiger partial charge in [-0.1, -0.05) is 23.1 Å². The Morgan fingerprint density at radius 1 is 0.684 bits per heavy atom. The molecule has 0 aliphatic heterocycles. The highest BCUT2D eigenvalue weighted by molar-refractivity contribution is 5.41. The smallest absolute Gasteiger partial charge is 0.421 e. The second-order valence-corrected chi connectivity index (χ2v) is 9.02. The van der Waals surface area contributed by atoms with Gasteiger partial charge >= 0.3 is 11.9 Å². The number of benzene rings is 2.